The maximum absolute atomic E-state index is 12.1. The minimum atomic E-state index is -0.790. The lowest BCUT2D eigenvalue weighted by Crippen LogP contribution is -2.53. The standard InChI is InChI=1S/C16H26N2O2/c1-4-11-16(3,17)15(20)18-12(2)5-6-13-7-9-14(19)10-8-13/h7-10,12,19H,4-6,11,17H2,1-3H3,(H,18,20). The van der Waals surface area contributed by atoms with Crippen LogP contribution in [-0.2, 0) is 11.2 Å². The molecule has 0 heterocycles. The van der Waals surface area contributed by atoms with Crippen LogP contribution in [0.25, 0.3) is 0 Å². The molecule has 0 aliphatic heterocycles. The van der Waals surface area contributed by atoms with Crippen LogP contribution in [0.15, 0.2) is 24.3 Å². The van der Waals surface area contributed by atoms with Crippen molar-refractivity contribution in [2.24, 2.45) is 5.73 Å². The van der Waals surface area contributed by atoms with Gasteiger partial charge in [-0.2, -0.15) is 0 Å². The van der Waals surface area contributed by atoms with Gasteiger partial charge in [0.1, 0.15) is 5.75 Å². The van der Waals surface area contributed by atoms with Crippen molar-refractivity contribution in [3.05, 3.63) is 29.8 Å². The number of rotatable bonds is 7. The first-order valence-corrected chi connectivity index (χ1v) is 7.23. The van der Waals surface area contributed by atoms with Crippen molar-refractivity contribution < 1.29 is 9.90 Å². The van der Waals surface area contributed by atoms with Gasteiger partial charge in [-0.3, -0.25) is 4.79 Å². The number of benzene rings is 1. The second-order valence-electron chi connectivity index (χ2n) is 5.75. The van der Waals surface area contributed by atoms with Crippen LogP contribution in [0.4, 0.5) is 0 Å². The first kappa shape index (κ1) is 16.5. The molecule has 1 amide bonds. The molecule has 1 rings (SSSR count). The van der Waals surface area contributed by atoms with Gasteiger partial charge in [-0.15, -0.1) is 0 Å². The summed E-state index contributed by atoms with van der Waals surface area (Å²) in [5.41, 5.74) is 6.36. The topological polar surface area (TPSA) is 75.4 Å². The number of carbonyl (C=O) groups is 1. The van der Waals surface area contributed by atoms with E-state index in [1.807, 2.05) is 26.0 Å². The molecule has 0 aromatic heterocycles. The van der Waals surface area contributed by atoms with Gasteiger partial charge >= 0.3 is 0 Å². The number of hydrogen-bond acceptors (Lipinski definition) is 3. The minimum Gasteiger partial charge on any atom is -0.508 e. The number of hydrogen-bond donors (Lipinski definition) is 3. The summed E-state index contributed by atoms with van der Waals surface area (Å²) in [6, 6.07) is 7.23. The largest absolute Gasteiger partial charge is 0.508 e. The molecule has 4 nitrogen and oxygen atoms in total. The molecule has 0 aliphatic carbocycles. The molecular weight excluding hydrogens is 252 g/mol. The van der Waals surface area contributed by atoms with Crippen molar-refractivity contribution >= 4 is 5.91 Å². The quantitative estimate of drug-likeness (QED) is 0.716. The predicted octanol–water partition coefficient (Wildman–Crippen LogP) is 2.35. The van der Waals surface area contributed by atoms with Crippen LogP contribution in [0, 0.1) is 0 Å². The van der Waals surface area contributed by atoms with Crippen LogP contribution in [0.3, 0.4) is 0 Å². The molecule has 4 N–H and O–H groups in total. The molecule has 2 unspecified atom stereocenters. The average Bonchev–Trinajstić information content (AvgIpc) is 2.38. The Kier molecular flexibility index (Phi) is 6.02. The Morgan fingerprint density at radius 3 is 2.55 bits per heavy atom. The van der Waals surface area contributed by atoms with Crippen molar-refractivity contribution in [3.63, 3.8) is 0 Å². The maximum Gasteiger partial charge on any atom is 0.240 e. The van der Waals surface area contributed by atoms with Crippen molar-refractivity contribution in [2.75, 3.05) is 0 Å². The van der Waals surface area contributed by atoms with E-state index in [2.05, 4.69) is 5.32 Å². The number of nitrogens with two attached hydrogens (primary N) is 1. The fourth-order valence-electron chi connectivity index (χ4n) is 2.14. The summed E-state index contributed by atoms with van der Waals surface area (Å²) in [5.74, 6) is 0.186. The Morgan fingerprint density at radius 1 is 1.40 bits per heavy atom. The van der Waals surface area contributed by atoms with Crippen LogP contribution in [0.5, 0.6) is 5.75 Å². The van der Waals surface area contributed by atoms with E-state index in [1.165, 1.54) is 0 Å². The van der Waals surface area contributed by atoms with Crippen LogP contribution in [0.1, 0.15) is 45.6 Å². The lowest BCUT2D eigenvalue weighted by Gasteiger charge is -2.25. The van der Waals surface area contributed by atoms with Crippen molar-refractivity contribution in [3.8, 4) is 5.75 Å². The highest BCUT2D eigenvalue weighted by molar-refractivity contribution is 5.85. The van der Waals surface area contributed by atoms with E-state index >= 15 is 0 Å². The smallest absolute Gasteiger partial charge is 0.240 e. The van der Waals surface area contributed by atoms with Gasteiger partial charge in [-0.05, 0) is 50.8 Å². The molecule has 0 saturated heterocycles. The van der Waals surface area contributed by atoms with E-state index in [0.717, 1.165) is 24.8 Å². The first-order chi connectivity index (χ1) is 9.35. The third-order valence-corrected chi connectivity index (χ3v) is 3.47. The van der Waals surface area contributed by atoms with E-state index in [0.29, 0.717) is 6.42 Å². The van der Waals surface area contributed by atoms with Gasteiger partial charge in [0, 0.05) is 6.04 Å². The van der Waals surface area contributed by atoms with Gasteiger partial charge in [0.2, 0.25) is 5.91 Å². The molecule has 0 spiro atoms. The highest BCUT2D eigenvalue weighted by Crippen LogP contribution is 2.13. The number of aryl methyl sites for hydroxylation is 1. The minimum absolute atomic E-state index is 0.0797. The zero-order valence-electron chi connectivity index (χ0n) is 12.6. The van der Waals surface area contributed by atoms with Gasteiger partial charge < -0.3 is 16.2 Å². The summed E-state index contributed by atoms with van der Waals surface area (Å²) in [6.45, 7) is 5.78. The summed E-state index contributed by atoms with van der Waals surface area (Å²) < 4.78 is 0. The third kappa shape index (κ3) is 5.21. The SMILES string of the molecule is CCCC(C)(N)C(=O)NC(C)CCc1ccc(O)cc1. The van der Waals surface area contributed by atoms with E-state index in [-0.39, 0.29) is 17.7 Å². The van der Waals surface area contributed by atoms with Gasteiger partial charge in [-0.1, -0.05) is 25.5 Å². The molecule has 0 fully saturated rings. The summed E-state index contributed by atoms with van der Waals surface area (Å²) in [4.78, 5) is 12.1. The lowest BCUT2D eigenvalue weighted by atomic mass is 9.95. The average molecular weight is 278 g/mol. The Hall–Kier alpha value is -1.55. The number of phenols is 1. The van der Waals surface area contributed by atoms with Gasteiger partial charge in [0.05, 0.1) is 5.54 Å². The highest BCUT2D eigenvalue weighted by Gasteiger charge is 2.27. The monoisotopic (exact) mass is 278 g/mol. The third-order valence-electron chi connectivity index (χ3n) is 3.47. The van der Waals surface area contributed by atoms with Crippen LogP contribution in [0.2, 0.25) is 0 Å². The number of carbonyl (C=O) groups excluding carboxylic acids is 1. The summed E-state index contributed by atoms with van der Waals surface area (Å²) in [6.07, 6.45) is 3.28. The highest BCUT2D eigenvalue weighted by atomic mass is 16.3. The van der Waals surface area contributed by atoms with Gasteiger partial charge in [0.15, 0.2) is 0 Å². The Morgan fingerprint density at radius 2 is 2.00 bits per heavy atom. The molecule has 2 atom stereocenters. The lowest BCUT2D eigenvalue weighted by molar-refractivity contribution is -0.126. The molecule has 0 aliphatic rings. The first-order valence-electron chi connectivity index (χ1n) is 7.23. The van der Waals surface area contributed by atoms with E-state index in [4.69, 9.17) is 5.73 Å². The van der Waals surface area contributed by atoms with Crippen LogP contribution >= 0.6 is 0 Å². The summed E-state index contributed by atoms with van der Waals surface area (Å²) in [5, 5.41) is 12.2. The molecule has 0 bridgehead atoms. The normalized spacial score (nSPS) is 15.4. The molecule has 112 valence electrons. The maximum atomic E-state index is 12.1. The molecule has 1 aromatic rings. The van der Waals surface area contributed by atoms with Gasteiger partial charge in [-0.25, -0.2) is 0 Å². The Labute approximate surface area is 121 Å². The van der Waals surface area contributed by atoms with E-state index < -0.39 is 5.54 Å². The van der Waals surface area contributed by atoms with Crippen molar-refractivity contribution in [2.45, 2.75) is 58.0 Å². The zero-order valence-corrected chi connectivity index (χ0v) is 12.6. The molecule has 4 heteroatoms. The summed E-state index contributed by atoms with van der Waals surface area (Å²) >= 11 is 0. The molecule has 0 radical (unpaired) electrons. The Bertz CT molecular complexity index is 427. The molecule has 20 heavy (non-hydrogen) atoms. The summed E-state index contributed by atoms with van der Waals surface area (Å²) in [7, 11) is 0. The fourth-order valence-corrected chi connectivity index (χ4v) is 2.14. The second-order valence-corrected chi connectivity index (χ2v) is 5.75. The van der Waals surface area contributed by atoms with Crippen molar-refractivity contribution in [1.82, 2.24) is 5.32 Å². The molecular formula is C16H26N2O2. The number of aromatic hydroxyl groups is 1. The Balaban J connectivity index is 2.41. The molecule has 0 saturated carbocycles. The molecule has 1 aromatic carbocycles. The van der Waals surface area contributed by atoms with Crippen LogP contribution in [-0.4, -0.2) is 22.6 Å². The van der Waals surface area contributed by atoms with E-state index in [1.54, 1.807) is 19.1 Å². The number of nitrogens with one attached hydrogen (secondary N) is 1. The van der Waals surface area contributed by atoms with Crippen molar-refractivity contribution in [1.29, 1.82) is 0 Å². The predicted molar refractivity (Wildman–Crippen MR) is 81.5 cm³/mol. The van der Waals surface area contributed by atoms with Crippen LogP contribution < -0.4 is 11.1 Å². The fraction of sp³-hybridized carbons (Fsp3) is 0.562. The van der Waals surface area contributed by atoms with Gasteiger partial charge in [0.25, 0.3) is 0 Å². The number of amides is 1. The zero-order chi connectivity index (χ0) is 15.2. The number of phenolic OH excluding ortho intramolecular Hbond substituents is 1. The second kappa shape index (κ2) is 7.29. The van der Waals surface area contributed by atoms with E-state index in [9.17, 15) is 9.90 Å².